The van der Waals surface area contributed by atoms with Crippen molar-refractivity contribution in [3.8, 4) is 0 Å². The molecule has 0 amide bonds. The maximum absolute atomic E-state index is 11.0. The van der Waals surface area contributed by atoms with Crippen molar-refractivity contribution in [2.45, 2.75) is 19.5 Å². The molecule has 1 N–H and O–H groups in total. The molecule has 1 atom stereocenters. The third kappa shape index (κ3) is 2.85. The van der Waals surface area contributed by atoms with Crippen LogP contribution in [0, 0.1) is 0 Å². The largest absolute Gasteiger partial charge is 0.468 e. The first-order valence-corrected chi connectivity index (χ1v) is 4.42. The number of ether oxygens (including phenoxy) is 1. The van der Waals surface area contributed by atoms with Gasteiger partial charge in [0.05, 0.1) is 13.3 Å². The summed E-state index contributed by atoms with van der Waals surface area (Å²) in [5.41, 5.74) is 1.04. The molecule has 0 bridgehead atoms. The Labute approximate surface area is 83.1 Å². The van der Waals surface area contributed by atoms with Gasteiger partial charge in [0.15, 0.2) is 0 Å². The summed E-state index contributed by atoms with van der Waals surface area (Å²) in [6, 6.07) is -0.291. The van der Waals surface area contributed by atoms with Crippen LogP contribution < -0.4 is 5.32 Å². The van der Waals surface area contributed by atoms with Gasteiger partial charge in [-0.05, 0) is 6.92 Å². The normalized spacial score (nSPS) is 12.5. The van der Waals surface area contributed by atoms with Crippen molar-refractivity contribution in [1.29, 1.82) is 0 Å². The van der Waals surface area contributed by atoms with Gasteiger partial charge in [0.25, 0.3) is 0 Å². The molecule has 0 saturated heterocycles. The number of esters is 1. The summed E-state index contributed by atoms with van der Waals surface area (Å²) in [5, 5.41) is 7.06. The summed E-state index contributed by atoms with van der Waals surface area (Å²) in [7, 11) is 3.23. The first kappa shape index (κ1) is 10.7. The van der Waals surface area contributed by atoms with Gasteiger partial charge in [0.1, 0.15) is 6.04 Å². The molecule has 0 saturated carbocycles. The molecule has 5 heteroatoms. The summed E-state index contributed by atoms with van der Waals surface area (Å²) in [6.07, 6.45) is 3.66. The monoisotopic (exact) mass is 197 g/mol. The molecule has 0 fully saturated rings. The summed E-state index contributed by atoms with van der Waals surface area (Å²) in [4.78, 5) is 11.0. The Kier molecular flexibility index (Phi) is 3.64. The lowest BCUT2D eigenvalue weighted by atomic mass is 10.3. The van der Waals surface area contributed by atoms with E-state index in [4.69, 9.17) is 0 Å². The van der Waals surface area contributed by atoms with Crippen LogP contribution in [0.5, 0.6) is 0 Å². The Morgan fingerprint density at radius 1 is 1.79 bits per heavy atom. The van der Waals surface area contributed by atoms with Crippen LogP contribution in [0.25, 0.3) is 0 Å². The van der Waals surface area contributed by atoms with Crippen LogP contribution >= 0.6 is 0 Å². The van der Waals surface area contributed by atoms with Gasteiger partial charge in [0, 0.05) is 25.4 Å². The van der Waals surface area contributed by atoms with E-state index in [1.54, 1.807) is 17.8 Å². The number of rotatable bonds is 4. The number of carbonyl (C=O) groups is 1. The zero-order valence-electron chi connectivity index (χ0n) is 8.65. The number of methoxy groups -OCH3 is 1. The average Bonchev–Trinajstić information content (AvgIpc) is 2.59. The summed E-state index contributed by atoms with van der Waals surface area (Å²) >= 11 is 0. The molecule has 0 radical (unpaired) electrons. The topological polar surface area (TPSA) is 56.1 Å². The number of carbonyl (C=O) groups excluding carboxylic acids is 1. The van der Waals surface area contributed by atoms with Crippen LogP contribution in [0.4, 0.5) is 0 Å². The van der Waals surface area contributed by atoms with Gasteiger partial charge < -0.3 is 10.1 Å². The van der Waals surface area contributed by atoms with E-state index in [2.05, 4.69) is 15.2 Å². The second-order valence-electron chi connectivity index (χ2n) is 3.15. The Hall–Kier alpha value is -1.36. The number of aryl methyl sites for hydroxylation is 1. The van der Waals surface area contributed by atoms with E-state index in [9.17, 15) is 4.79 Å². The molecule has 78 valence electrons. The first-order valence-electron chi connectivity index (χ1n) is 4.42. The van der Waals surface area contributed by atoms with E-state index in [1.807, 2.05) is 13.2 Å². The van der Waals surface area contributed by atoms with Crippen molar-refractivity contribution >= 4 is 5.97 Å². The standard InChI is InChI=1S/C9H15N3O2/c1-7(9(13)14-3)10-4-8-5-11-12(2)6-8/h5-7,10H,4H2,1-3H3. The fraction of sp³-hybridized carbons (Fsp3) is 0.556. The lowest BCUT2D eigenvalue weighted by Crippen LogP contribution is -2.34. The van der Waals surface area contributed by atoms with Crippen molar-refractivity contribution in [2.75, 3.05) is 7.11 Å². The highest BCUT2D eigenvalue weighted by molar-refractivity contribution is 5.75. The van der Waals surface area contributed by atoms with E-state index >= 15 is 0 Å². The molecule has 14 heavy (non-hydrogen) atoms. The Balaban J connectivity index is 2.37. The lowest BCUT2D eigenvalue weighted by molar-refractivity contribution is -0.142. The number of hydrogen-bond donors (Lipinski definition) is 1. The lowest BCUT2D eigenvalue weighted by Gasteiger charge is -2.09. The third-order valence-corrected chi connectivity index (χ3v) is 1.93. The van der Waals surface area contributed by atoms with Gasteiger partial charge in [-0.25, -0.2) is 0 Å². The molecule has 0 aliphatic heterocycles. The van der Waals surface area contributed by atoms with Gasteiger partial charge in [-0.15, -0.1) is 0 Å². The number of nitrogens with zero attached hydrogens (tertiary/aromatic N) is 2. The zero-order chi connectivity index (χ0) is 10.6. The number of aromatic nitrogens is 2. The summed E-state index contributed by atoms with van der Waals surface area (Å²) < 4.78 is 6.31. The third-order valence-electron chi connectivity index (χ3n) is 1.93. The predicted octanol–water partition coefficient (Wildman–Crippen LogP) is 0.0712. The molecule has 0 aromatic carbocycles. The zero-order valence-corrected chi connectivity index (χ0v) is 8.65. The minimum atomic E-state index is -0.291. The van der Waals surface area contributed by atoms with Crippen molar-refractivity contribution in [3.05, 3.63) is 18.0 Å². The number of nitrogens with one attached hydrogen (secondary N) is 1. The molecule has 1 rings (SSSR count). The quantitative estimate of drug-likeness (QED) is 0.694. The van der Waals surface area contributed by atoms with E-state index in [0.29, 0.717) is 6.54 Å². The molecular formula is C9H15N3O2. The molecule has 0 spiro atoms. The highest BCUT2D eigenvalue weighted by Crippen LogP contribution is 1.96. The predicted molar refractivity (Wildman–Crippen MR) is 51.5 cm³/mol. The van der Waals surface area contributed by atoms with Crippen LogP contribution in [0.1, 0.15) is 12.5 Å². The van der Waals surface area contributed by atoms with Gasteiger partial charge in [-0.2, -0.15) is 5.10 Å². The van der Waals surface area contributed by atoms with Crippen LogP contribution in [0.2, 0.25) is 0 Å². The smallest absolute Gasteiger partial charge is 0.322 e. The molecule has 5 nitrogen and oxygen atoms in total. The molecule has 1 unspecified atom stereocenters. The van der Waals surface area contributed by atoms with Crippen LogP contribution in [-0.4, -0.2) is 28.9 Å². The van der Waals surface area contributed by atoms with Crippen molar-refractivity contribution in [1.82, 2.24) is 15.1 Å². The summed E-state index contributed by atoms with van der Waals surface area (Å²) in [5.74, 6) is -0.256. The van der Waals surface area contributed by atoms with Gasteiger partial charge >= 0.3 is 5.97 Å². The van der Waals surface area contributed by atoms with E-state index in [-0.39, 0.29) is 12.0 Å². The molecule has 0 aliphatic carbocycles. The second kappa shape index (κ2) is 4.76. The molecule has 1 aromatic rings. The SMILES string of the molecule is COC(=O)C(C)NCc1cnn(C)c1. The second-order valence-corrected chi connectivity index (χ2v) is 3.15. The van der Waals surface area contributed by atoms with Crippen molar-refractivity contribution in [2.24, 2.45) is 7.05 Å². The van der Waals surface area contributed by atoms with Gasteiger partial charge in [-0.1, -0.05) is 0 Å². The average molecular weight is 197 g/mol. The molecule has 0 aliphatic rings. The van der Waals surface area contributed by atoms with Crippen molar-refractivity contribution < 1.29 is 9.53 Å². The minimum Gasteiger partial charge on any atom is -0.468 e. The first-order chi connectivity index (χ1) is 6.63. The molecular weight excluding hydrogens is 182 g/mol. The van der Waals surface area contributed by atoms with Crippen LogP contribution in [-0.2, 0) is 23.1 Å². The van der Waals surface area contributed by atoms with Crippen molar-refractivity contribution in [3.63, 3.8) is 0 Å². The van der Waals surface area contributed by atoms with Crippen LogP contribution in [0.3, 0.4) is 0 Å². The Morgan fingerprint density at radius 3 is 3.00 bits per heavy atom. The highest BCUT2D eigenvalue weighted by atomic mass is 16.5. The Morgan fingerprint density at radius 2 is 2.50 bits per heavy atom. The fourth-order valence-corrected chi connectivity index (χ4v) is 1.09. The van der Waals surface area contributed by atoms with E-state index in [0.717, 1.165) is 5.56 Å². The maximum Gasteiger partial charge on any atom is 0.322 e. The molecule has 1 heterocycles. The van der Waals surface area contributed by atoms with E-state index < -0.39 is 0 Å². The van der Waals surface area contributed by atoms with Gasteiger partial charge in [-0.3, -0.25) is 9.48 Å². The van der Waals surface area contributed by atoms with Crippen LogP contribution in [0.15, 0.2) is 12.4 Å². The van der Waals surface area contributed by atoms with E-state index in [1.165, 1.54) is 7.11 Å². The molecule has 1 aromatic heterocycles. The highest BCUT2D eigenvalue weighted by Gasteiger charge is 2.11. The maximum atomic E-state index is 11.0. The number of hydrogen-bond acceptors (Lipinski definition) is 4. The Bertz CT molecular complexity index is 309. The fourth-order valence-electron chi connectivity index (χ4n) is 1.09. The summed E-state index contributed by atoms with van der Waals surface area (Å²) in [6.45, 7) is 2.38. The van der Waals surface area contributed by atoms with Gasteiger partial charge in [0.2, 0.25) is 0 Å². The minimum absolute atomic E-state index is 0.256.